The second-order valence-corrected chi connectivity index (χ2v) is 7.13. The topological polar surface area (TPSA) is 53.5 Å². The lowest BCUT2D eigenvalue weighted by molar-refractivity contribution is 0.117. The Labute approximate surface area is 159 Å². The predicted molar refractivity (Wildman–Crippen MR) is 108 cm³/mol. The van der Waals surface area contributed by atoms with E-state index in [4.69, 9.17) is 4.74 Å². The van der Waals surface area contributed by atoms with Gasteiger partial charge in [0.2, 0.25) is 5.95 Å². The molecular weight excluding hydrogens is 326 g/mol. The molecule has 1 aromatic rings. The van der Waals surface area contributed by atoms with Crippen LogP contribution in [0.3, 0.4) is 0 Å². The Hall–Kier alpha value is -1.24. The third kappa shape index (κ3) is 7.17. The molecule has 2 heterocycles. The molecule has 6 nitrogen and oxygen atoms in total. The Morgan fingerprint density at radius 2 is 1.77 bits per heavy atom. The van der Waals surface area contributed by atoms with E-state index in [9.17, 15) is 0 Å². The van der Waals surface area contributed by atoms with E-state index in [1.165, 1.54) is 5.56 Å². The van der Waals surface area contributed by atoms with Gasteiger partial charge in [-0.2, -0.15) is 0 Å². The number of ether oxygens (including phenoxy) is 1. The van der Waals surface area contributed by atoms with Crippen LogP contribution in [0.5, 0.6) is 0 Å². The van der Waals surface area contributed by atoms with E-state index < -0.39 is 0 Å². The molecule has 1 fully saturated rings. The van der Waals surface area contributed by atoms with E-state index in [0.717, 1.165) is 84.2 Å². The highest BCUT2D eigenvalue weighted by Crippen LogP contribution is 2.18. The summed E-state index contributed by atoms with van der Waals surface area (Å²) in [5, 5.41) is 3.32. The van der Waals surface area contributed by atoms with E-state index in [-0.39, 0.29) is 0 Å². The standard InChI is InChI=1S/C20H37N5O/c1-4-18(3)19-16-22-20(23-17-19)25-12-10-24(11-13-25)9-7-15-26-14-6-8-21-5-2/h16-18,21H,4-15H2,1-3H3. The molecule has 1 unspecified atom stereocenters. The summed E-state index contributed by atoms with van der Waals surface area (Å²) in [5.41, 5.74) is 1.24. The van der Waals surface area contributed by atoms with Crippen LogP contribution in [-0.2, 0) is 4.74 Å². The van der Waals surface area contributed by atoms with Gasteiger partial charge in [0.25, 0.3) is 0 Å². The first-order chi connectivity index (χ1) is 12.7. The van der Waals surface area contributed by atoms with Gasteiger partial charge in [-0.25, -0.2) is 9.97 Å². The quantitative estimate of drug-likeness (QED) is 0.576. The highest BCUT2D eigenvalue weighted by atomic mass is 16.5. The van der Waals surface area contributed by atoms with E-state index in [2.05, 4.69) is 45.9 Å². The third-order valence-electron chi connectivity index (χ3n) is 5.15. The van der Waals surface area contributed by atoms with Gasteiger partial charge in [-0.3, -0.25) is 4.90 Å². The maximum Gasteiger partial charge on any atom is 0.225 e. The lowest BCUT2D eigenvalue weighted by Gasteiger charge is -2.34. The Bertz CT molecular complexity index is 474. The normalized spacial score (nSPS) is 16.8. The van der Waals surface area contributed by atoms with Crippen molar-refractivity contribution in [1.29, 1.82) is 0 Å². The van der Waals surface area contributed by atoms with Crippen LogP contribution in [0.4, 0.5) is 5.95 Å². The van der Waals surface area contributed by atoms with Gasteiger partial charge in [-0.05, 0) is 43.8 Å². The van der Waals surface area contributed by atoms with E-state index in [1.54, 1.807) is 0 Å². The Balaban J connectivity index is 1.58. The molecule has 1 aromatic heterocycles. The number of hydrogen-bond donors (Lipinski definition) is 1. The maximum atomic E-state index is 5.70. The zero-order valence-electron chi connectivity index (χ0n) is 16.9. The average Bonchev–Trinajstić information content (AvgIpc) is 2.70. The van der Waals surface area contributed by atoms with Crippen LogP contribution in [-0.4, -0.2) is 73.9 Å². The van der Waals surface area contributed by atoms with Crippen LogP contribution >= 0.6 is 0 Å². The summed E-state index contributed by atoms with van der Waals surface area (Å²) in [6.07, 6.45) is 7.33. The summed E-state index contributed by atoms with van der Waals surface area (Å²) >= 11 is 0. The molecule has 0 aromatic carbocycles. The minimum atomic E-state index is 0.533. The minimum Gasteiger partial charge on any atom is -0.381 e. The van der Waals surface area contributed by atoms with Gasteiger partial charge in [-0.1, -0.05) is 20.8 Å². The summed E-state index contributed by atoms with van der Waals surface area (Å²) < 4.78 is 5.70. The van der Waals surface area contributed by atoms with Gasteiger partial charge >= 0.3 is 0 Å². The fourth-order valence-corrected chi connectivity index (χ4v) is 3.12. The van der Waals surface area contributed by atoms with Crippen LogP contribution < -0.4 is 10.2 Å². The van der Waals surface area contributed by atoms with Gasteiger partial charge in [0, 0.05) is 58.3 Å². The molecule has 0 spiro atoms. The van der Waals surface area contributed by atoms with E-state index in [1.807, 2.05) is 12.4 Å². The van der Waals surface area contributed by atoms with Crippen LogP contribution in [0.15, 0.2) is 12.4 Å². The molecule has 6 heteroatoms. The number of nitrogens with zero attached hydrogens (tertiary/aromatic N) is 4. The lowest BCUT2D eigenvalue weighted by Crippen LogP contribution is -2.47. The Kier molecular flexibility index (Phi) is 9.89. The van der Waals surface area contributed by atoms with Crippen molar-refractivity contribution in [3.05, 3.63) is 18.0 Å². The summed E-state index contributed by atoms with van der Waals surface area (Å²) in [6, 6.07) is 0. The molecule has 148 valence electrons. The first-order valence-corrected chi connectivity index (χ1v) is 10.3. The largest absolute Gasteiger partial charge is 0.381 e. The molecule has 1 saturated heterocycles. The number of hydrogen-bond acceptors (Lipinski definition) is 6. The summed E-state index contributed by atoms with van der Waals surface area (Å²) in [7, 11) is 0. The number of rotatable bonds is 12. The van der Waals surface area contributed by atoms with Crippen LogP contribution in [0.25, 0.3) is 0 Å². The van der Waals surface area contributed by atoms with Crippen molar-refractivity contribution in [1.82, 2.24) is 20.2 Å². The van der Waals surface area contributed by atoms with Crippen molar-refractivity contribution < 1.29 is 4.74 Å². The van der Waals surface area contributed by atoms with Crippen LogP contribution in [0.2, 0.25) is 0 Å². The van der Waals surface area contributed by atoms with Crippen molar-refractivity contribution in [2.75, 3.05) is 63.9 Å². The fraction of sp³-hybridized carbons (Fsp3) is 0.800. The summed E-state index contributed by atoms with van der Waals surface area (Å²) in [4.78, 5) is 14.0. The van der Waals surface area contributed by atoms with Gasteiger partial charge in [0.1, 0.15) is 0 Å². The number of anilines is 1. The minimum absolute atomic E-state index is 0.533. The third-order valence-corrected chi connectivity index (χ3v) is 5.15. The van der Waals surface area contributed by atoms with Crippen molar-refractivity contribution in [2.24, 2.45) is 0 Å². The highest BCUT2D eigenvalue weighted by Gasteiger charge is 2.18. The molecule has 1 N–H and O–H groups in total. The molecule has 1 aliphatic heterocycles. The van der Waals surface area contributed by atoms with E-state index in [0.29, 0.717) is 5.92 Å². The SMILES string of the molecule is CCNCCCOCCCN1CCN(c2ncc(C(C)CC)cn2)CC1. The monoisotopic (exact) mass is 363 g/mol. The fourth-order valence-electron chi connectivity index (χ4n) is 3.12. The number of aromatic nitrogens is 2. The second-order valence-electron chi connectivity index (χ2n) is 7.13. The van der Waals surface area contributed by atoms with Gasteiger partial charge in [-0.15, -0.1) is 0 Å². The first kappa shape index (κ1) is 21.1. The van der Waals surface area contributed by atoms with Crippen LogP contribution in [0.1, 0.15) is 51.5 Å². The summed E-state index contributed by atoms with van der Waals surface area (Å²) in [5.74, 6) is 1.41. The molecule has 26 heavy (non-hydrogen) atoms. The molecule has 1 aliphatic rings. The smallest absolute Gasteiger partial charge is 0.225 e. The molecule has 0 amide bonds. The zero-order valence-corrected chi connectivity index (χ0v) is 16.9. The van der Waals surface area contributed by atoms with Crippen molar-refractivity contribution in [3.63, 3.8) is 0 Å². The lowest BCUT2D eigenvalue weighted by atomic mass is 10.0. The molecular formula is C20H37N5O. The Morgan fingerprint density at radius 1 is 1.08 bits per heavy atom. The molecule has 1 atom stereocenters. The number of piperazine rings is 1. The van der Waals surface area contributed by atoms with Crippen molar-refractivity contribution >= 4 is 5.95 Å². The van der Waals surface area contributed by atoms with Crippen molar-refractivity contribution in [3.8, 4) is 0 Å². The molecule has 0 bridgehead atoms. The Morgan fingerprint density at radius 3 is 2.42 bits per heavy atom. The van der Waals surface area contributed by atoms with Gasteiger partial charge in [0.05, 0.1) is 0 Å². The highest BCUT2D eigenvalue weighted by molar-refractivity contribution is 5.31. The van der Waals surface area contributed by atoms with Gasteiger partial charge < -0.3 is 15.0 Å². The molecule has 2 rings (SSSR count). The zero-order chi connectivity index (χ0) is 18.6. The summed E-state index contributed by atoms with van der Waals surface area (Å²) in [6.45, 7) is 15.7. The average molecular weight is 364 g/mol. The van der Waals surface area contributed by atoms with Gasteiger partial charge in [0.15, 0.2) is 0 Å². The van der Waals surface area contributed by atoms with E-state index >= 15 is 0 Å². The van der Waals surface area contributed by atoms with Crippen LogP contribution in [0, 0.1) is 0 Å². The molecule has 0 saturated carbocycles. The molecule has 0 aliphatic carbocycles. The molecule has 0 radical (unpaired) electrons. The second kappa shape index (κ2) is 12.2. The maximum absolute atomic E-state index is 5.70. The van der Waals surface area contributed by atoms with Crippen molar-refractivity contribution in [2.45, 2.75) is 46.0 Å². The first-order valence-electron chi connectivity index (χ1n) is 10.3. The number of nitrogens with one attached hydrogen (secondary N) is 1. The predicted octanol–water partition coefficient (Wildman–Crippen LogP) is 2.52.